The summed E-state index contributed by atoms with van der Waals surface area (Å²) in [6, 6.07) is 2.67. The van der Waals surface area contributed by atoms with Crippen LogP contribution in [0.3, 0.4) is 0 Å². The Morgan fingerprint density at radius 3 is 2.71 bits per heavy atom. The van der Waals surface area contributed by atoms with Gasteiger partial charge in [-0.2, -0.15) is 0 Å². The van der Waals surface area contributed by atoms with Gasteiger partial charge < -0.3 is 25.4 Å². The fraction of sp³-hybridized carbons (Fsp3) is 0.538. The Kier molecular flexibility index (Phi) is 3.22. The molecule has 2 heterocycles. The van der Waals surface area contributed by atoms with Crippen molar-refractivity contribution in [2.24, 2.45) is 11.8 Å². The number of nitrogens with zero attached hydrogens (tertiary/aromatic N) is 3. The van der Waals surface area contributed by atoms with Gasteiger partial charge in [0.15, 0.2) is 11.2 Å². The third-order valence-electron chi connectivity index (χ3n) is 4.90. The Labute approximate surface area is 133 Å². The molecule has 1 aromatic heterocycles. The lowest BCUT2D eigenvalue weighted by molar-refractivity contribution is -0.383. The van der Waals surface area contributed by atoms with Gasteiger partial charge in [0.05, 0.1) is 47.9 Å². The van der Waals surface area contributed by atoms with E-state index in [0.717, 1.165) is 0 Å². The van der Waals surface area contributed by atoms with Gasteiger partial charge in [-0.1, -0.05) is 0 Å². The van der Waals surface area contributed by atoms with Crippen molar-refractivity contribution in [3.05, 3.63) is 22.2 Å². The van der Waals surface area contributed by atoms with Crippen LogP contribution in [0.25, 0.3) is 11.0 Å². The van der Waals surface area contributed by atoms with E-state index in [0.29, 0.717) is 5.69 Å². The zero-order valence-electron chi connectivity index (χ0n) is 12.2. The molecule has 1 saturated heterocycles. The van der Waals surface area contributed by atoms with Gasteiger partial charge in [-0.15, -0.1) is 0 Å². The summed E-state index contributed by atoms with van der Waals surface area (Å²) in [5, 5.41) is 51.1. The van der Waals surface area contributed by atoms with Crippen LogP contribution in [0.5, 0.6) is 0 Å². The van der Waals surface area contributed by atoms with Crippen molar-refractivity contribution in [3.63, 3.8) is 0 Å². The molecule has 1 aromatic carbocycles. The molecule has 4 unspecified atom stereocenters. The van der Waals surface area contributed by atoms with Crippen molar-refractivity contribution in [2.75, 3.05) is 18.5 Å². The van der Waals surface area contributed by atoms with Crippen molar-refractivity contribution in [1.82, 2.24) is 10.3 Å². The van der Waals surface area contributed by atoms with E-state index in [4.69, 9.17) is 4.74 Å². The minimum Gasteiger partial charge on any atom is -0.396 e. The van der Waals surface area contributed by atoms with Gasteiger partial charge in [0.25, 0.3) is 0 Å². The van der Waals surface area contributed by atoms with E-state index < -0.39 is 41.3 Å². The Balaban J connectivity index is 1.76. The maximum Gasteiger partial charge on any atom is 0.300 e. The predicted molar refractivity (Wildman–Crippen MR) is 76.8 cm³/mol. The molecule has 4 rings (SSSR count). The van der Waals surface area contributed by atoms with Gasteiger partial charge >= 0.3 is 5.69 Å². The molecule has 2 aliphatic rings. The highest BCUT2D eigenvalue weighted by atomic mass is 16.6. The van der Waals surface area contributed by atoms with Crippen LogP contribution in [-0.2, 0) is 4.74 Å². The second-order valence-corrected chi connectivity index (χ2v) is 5.96. The number of hydrogen-bond acceptors (Lipinski definition) is 10. The van der Waals surface area contributed by atoms with Crippen LogP contribution in [0.2, 0.25) is 0 Å². The number of nitrogens with one attached hydrogen (secondary N) is 1. The molecule has 1 saturated carbocycles. The number of hydrogen-bond donors (Lipinski definition) is 4. The van der Waals surface area contributed by atoms with Gasteiger partial charge in [-0.3, -0.25) is 10.1 Å². The molecule has 2 aromatic rings. The van der Waals surface area contributed by atoms with E-state index in [1.165, 1.54) is 12.1 Å². The Morgan fingerprint density at radius 2 is 2.08 bits per heavy atom. The number of aliphatic hydroxyl groups excluding tert-OH is 3. The van der Waals surface area contributed by atoms with Crippen LogP contribution < -0.4 is 5.32 Å². The van der Waals surface area contributed by atoms with E-state index in [-0.39, 0.29) is 23.3 Å². The highest BCUT2D eigenvalue weighted by Gasteiger charge is 2.66. The number of rotatable bonds is 4. The third-order valence-corrected chi connectivity index (χ3v) is 4.90. The first-order chi connectivity index (χ1) is 11.5. The quantitative estimate of drug-likeness (QED) is 0.411. The number of fused-ring (bicyclic) bond motifs is 2. The first-order valence-electron chi connectivity index (χ1n) is 7.28. The molecule has 1 aliphatic carbocycles. The number of aromatic nitrogens is 2. The largest absolute Gasteiger partial charge is 0.396 e. The minimum atomic E-state index is -1.18. The van der Waals surface area contributed by atoms with Crippen LogP contribution in [-0.4, -0.2) is 61.7 Å². The van der Waals surface area contributed by atoms with Gasteiger partial charge in [-0.05, 0) is 16.4 Å². The van der Waals surface area contributed by atoms with E-state index in [1.807, 2.05) is 0 Å². The molecule has 0 bridgehead atoms. The normalized spacial score (nSPS) is 34.8. The van der Waals surface area contributed by atoms with Gasteiger partial charge in [0, 0.05) is 6.07 Å². The van der Waals surface area contributed by atoms with E-state index >= 15 is 0 Å². The smallest absolute Gasteiger partial charge is 0.300 e. The predicted octanol–water partition coefficient (Wildman–Crippen LogP) is -0.771. The summed E-state index contributed by atoms with van der Waals surface area (Å²) in [6.45, 7) is -0.191. The minimum absolute atomic E-state index is 0.0306. The monoisotopic (exact) mass is 338 g/mol. The van der Waals surface area contributed by atoms with Crippen molar-refractivity contribution in [3.8, 4) is 0 Å². The summed E-state index contributed by atoms with van der Waals surface area (Å²) in [7, 11) is 0. The standard InChI is InChI=1S/C13H14N4O7/c18-3-5-11(19)12(20)6-4-23-13(5,6)14-7-1-2-8(17(21)22)10-9(7)15-24-16-10/h1-2,5-6,11-12,14,18-20H,3-4H2/t5?,6?,11-,12?,13?/m0/s1. The van der Waals surface area contributed by atoms with Gasteiger partial charge in [0.2, 0.25) is 5.52 Å². The Bertz CT molecular complexity index is 811. The highest BCUT2D eigenvalue weighted by Crippen LogP contribution is 2.51. The SMILES string of the molecule is O=[N+]([O-])c1ccc(NC23OCC2C(O)[C@@H](O)C3CO)c2nonc12. The first-order valence-corrected chi connectivity index (χ1v) is 7.28. The summed E-state index contributed by atoms with van der Waals surface area (Å²) in [5.74, 6) is -1.20. The fourth-order valence-corrected chi connectivity index (χ4v) is 3.60. The summed E-state index contributed by atoms with van der Waals surface area (Å²) in [5.41, 5.74) is -1.01. The third kappa shape index (κ3) is 1.80. The average molecular weight is 338 g/mol. The van der Waals surface area contributed by atoms with Crippen molar-refractivity contribution in [1.29, 1.82) is 0 Å². The number of ether oxygens (including phenoxy) is 1. The average Bonchev–Trinajstić information content (AvgIpc) is 3.06. The van der Waals surface area contributed by atoms with Crippen LogP contribution in [0.15, 0.2) is 16.8 Å². The summed E-state index contributed by atoms with van der Waals surface area (Å²) in [6.07, 6.45) is -2.20. The lowest BCUT2D eigenvalue weighted by atomic mass is 9.87. The topological polar surface area (TPSA) is 164 Å². The molecule has 11 nitrogen and oxygen atoms in total. The number of anilines is 1. The van der Waals surface area contributed by atoms with Crippen molar-refractivity contribution >= 4 is 22.4 Å². The number of nitro groups is 1. The van der Waals surface area contributed by atoms with Crippen LogP contribution in [0, 0.1) is 22.0 Å². The summed E-state index contributed by atoms with van der Waals surface area (Å²) < 4.78 is 10.2. The Hall–Kier alpha value is -2.34. The number of non-ortho nitro benzene ring substituents is 1. The molecule has 24 heavy (non-hydrogen) atoms. The molecule has 5 atom stereocenters. The van der Waals surface area contributed by atoms with E-state index in [1.54, 1.807) is 0 Å². The first kappa shape index (κ1) is 15.2. The molecular weight excluding hydrogens is 324 g/mol. The van der Waals surface area contributed by atoms with Crippen molar-refractivity contribution < 1.29 is 29.6 Å². The molecule has 128 valence electrons. The molecule has 0 amide bonds. The second-order valence-electron chi connectivity index (χ2n) is 5.96. The zero-order chi connectivity index (χ0) is 17.1. The summed E-state index contributed by atoms with van der Waals surface area (Å²) in [4.78, 5) is 10.4. The number of nitro benzene ring substituents is 1. The van der Waals surface area contributed by atoms with Gasteiger partial charge in [-0.25, -0.2) is 4.63 Å². The lowest BCUT2D eigenvalue weighted by Crippen LogP contribution is -2.62. The molecule has 0 radical (unpaired) electrons. The van der Waals surface area contributed by atoms with Crippen LogP contribution in [0.1, 0.15) is 0 Å². The fourth-order valence-electron chi connectivity index (χ4n) is 3.60. The maximum absolute atomic E-state index is 11.0. The second kappa shape index (κ2) is 5.08. The van der Waals surface area contributed by atoms with Crippen LogP contribution >= 0.6 is 0 Å². The van der Waals surface area contributed by atoms with Gasteiger partial charge in [0.1, 0.15) is 0 Å². The number of aliphatic hydroxyl groups is 3. The molecule has 2 fully saturated rings. The molecule has 1 aliphatic heterocycles. The van der Waals surface area contributed by atoms with Crippen molar-refractivity contribution in [2.45, 2.75) is 17.9 Å². The number of benzene rings is 1. The molecule has 11 heteroatoms. The molecule has 0 spiro atoms. The maximum atomic E-state index is 11.0. The molecule has 4 N–H and O–H groups in total. The molecular formula is C13H14N4O7. The lowest BCUT2D eigenvalue weighted by Gasteiger charge is -2.49. The van der Waals surface area contributed by atoms with E-state index in [2.05, 4.69) is 20.3 Å². The highest BCUT2D eigenvalue weighted by molar-refractivity contribution is 5.93. The Morgan fingerprint density at radius 1 is 1.33 bits per heavy atom. The van der Waals surface area contributed by atoms with Crippen LogP contribution in [0.4, 0.5) is 11.4 Å². The zero-order valence-corrected chi connectivity index (χ0v) is 12.2. The summed E-state index contributed by atoms with van der Waals surface area (Å²) >= 11 is 0. The van der Waals surface area contributed by atoms with E-state index in [9.17, 15) is 25.4 Å².